The largest absolute Gasteiger partial charge is 0.288 e. The predicted molar refractivity (Wildman–Crippen MR) is 79.0 cm³/mol. The highest BCUT2D eigenvalue weighted by molar-refractivity contribution is 9.10. The average Bonchev–Trinajstić information content (AvgIpc) is 2.31. The van der Waals surface area contributed by atoms with Crippen molar-refractivity contribution in [1.29, 1.82) is 0 Å². The number of benzene rings is 2. The number of ketones is 1. The molecule has 0 N–H and O–H groups in total. The highest BCUT2D eigenvalue weighted by Crippen LogP contribution is 2.32. The van der Waals surface area contributed by atoms with Gasteiger partial charge in [0, 0.05) is 10.6 Å². The molecule has 0 saturated carbocycles. The van der Waals surface area contributed by atoms with Crippen LogP contribution in [0.5, 0.6) is 0 Å². The molecule has 6 heteroatoms. The molecular weight excluding hydrogens is 377 g/mol. The number of carbonyl (C=O) groups excluding carboxylic acids is 1. The first-order valence-corrected chi connectivity index (χ1v) is 6.97. The van der Waals surface area contributed by atoms with E-state index in [0.29, 0.717) is 5.02 Å². The van der Waals surface area contributed by atoms with E-state index in [1.807, 2.05) is 0 Å². The molecule has 98 valence electrons. The number of hydrogen-bond donors (Lipinski definition) is 0. The van der Waals surface area contributed by atoms with E-state index in [0.717, 1.165) is 0 Å². The minimum absolute atomic E-state index is 0.0714. The van der Waals surface area contributed by atoms with Crippen molar-refractivity contribution in [3.8, 4) is 0 Å². The molecule has 0 atom stereocenters. The zero-order chi connectivity index (χ0) is 14.2. The van der Waals surface area contributed by atoms with Gasteiger partial charge in [-0.05, 0) is 40.2 Å². The summed E-state index contributed by atoms with van der Waals surface area (Å²) in [7, 11) is 0. The van der Waals surface area contributed by atoms with Gasteiger partial charge in [0.1, 0.15) is 5.82 Å². The summed E-state index contributed by atoms with van der Waals surface area (Å²) < 4.78 is 13.5. The summed E-state index contributed by atoms with van der Waals surface area (Å²) >= 11 is 20.8. The Morgan fingerprint density at radius 1 is 1.11 bits per heavy atom. The maximum atomic E-state index is 13.4. The van der Waals surface area contributed by atoms with E-state index < -0.39 is 11.6 Å². The fourth-order valence-corrected chi connectivity index (χ4v) is 3.01. The van der Waals surface area contributed by atoms with Crippen molar-refractivity contribution in [1.82, 2.24) is 0 Å². The van der Waals surface area contributed by atoms with Gasteiger partial charge in [-0.3, -0.25) is 4.79 Å². The molecule has 0 saturated heterocycles. The van der Waals surface area contributed by atoms with E-state index in [1.165, 1.54) is 30.3 Å². The van der Waals surface area contributed by atoms with Crippen LogP contribution < -0.4 is 0 Å². The Balaban J connectivity index is 2.60. The molecular formula is C13H5BrCl3FO. The van der Waals surface area contributed by atoms with Gasteiger partial charge in [0.2, 0.25) is 0 Å². The topological polar surface area (TPSA) is 17.1 Å². The van der Waals surface area contributed by atoms with Crippen LogP contribution in [0.15, 0.2) is 34.8 Å². The lowest BCUT2D eigenvalue weighted by atomic mass is 10.0. The summed E-state index contributed by atoms with van der Waals surface area (Å²) in [6.07, 6.45) is 0. The summed E-state index contributed by atoms with van der Waals surface area (Å²) in [4.78, 5) is 12.4. The lowest BCUT2D eigenvalue weighted by Gasteiger charge is -2.08. The zero-order valence-corrected chi connectivity index (χ0v) is 13.0. The second kappa shape index (κ2) is 5.80. The molecule has 2 aromatic rings. The first-order chi connectivity index (χ1) is 8.91. The number of halogens is 5. The molecule has 0 aliphatic heterocycles. The number of hydrogen-bond acceptors (Lipinski definition) is 1. The lowest BCUT2D eigenvalue weighted by Crippen LogP contribution is -2.05. The van der Waals surface area contributed by atoms with Crippen LogP contribution in [0.4, 0.5) is 4.39 Å². The molecule has 0 unspecified atom stereocenters. The highest BCUT2D eigenvalue weighted by atomic mass is 79.9. The Morgan fingerprint density at radius 2 is 1.68 bits per heavy atom. The van der Waals surface area contributed by atoms with Crippen LogP contribution >= 0.6 is 50.7 Å². The van der Waals surface area contributed by atoms with Crippen LogP contribution in [0, 0.1) is 5.82 Å². The maximum absolute atomic E-state index is 13.4. The van der Waals surface area contributed by atoms with Crippen LogP contribution in [0.3, 0.4) is 0 Å². The van der Waals surface area contributed by atoms with Crippen LogP contribution in [0.25, 0.3) is 0 Å². The van der Waals surface area contributed by atoms with Gasteiger partial charge in [0.25, 0.3) is 0 Å². The van der Waals surface area contributed by atoms with Gasteiger partial charge in [0.05, 0.1) is 20.1 Å². The fourth-order valence-electron chi connectivity index (χ4n) is 1.57. The molecule has 2 aromatic carbocycles. The smallest absolute Gasteiger partial charge is 0.197 e. The molecule has 0 aliphatic carbocycles. The third-order valence-electron chi connectivity index (χ3n) is 2.43. The molecule has 0 aromatic heterocycles. The van der Waals surface area contributed by atoms with Crippen molar-refractivity contribution in [2.75, 3.05) is 0 Å². The summed E-state index contributed by atoms with van der Waals surface area (Å²) in [6.45, 7) is 0. The highest BCUT2D eigenvalue weighted by Gasteiger charge is 2.20. The van der Waals surface area contributed by atoms with Crippen molar-refractivity contribution in [2.45, 2.75) is 0 Å². The van der Waals surface area contributed by atoms with Crippen LogP contribution in [0.2, 0.25) is 15.1 Å². The van der Waals surface area contributed by atoms with E-state index in [-0.39, 0.29) is 25.6 Å². The predicted octanol–water partition coefficient (Wildman–Crippen LogP) is 5.78. The van der Waals surface area contributed by atoms with Gasteiger partial charge >= 0.3 is 0 Å². The second-order valence-corrected chi connectivity index (χ2v) is 5.72. The molecule has 1 nitrogen and oxygen atoms in total. The van der Waals surface area contributed by atoms with E-state index in [9.17, 15) is 9.18 Å². The first kappa shape index (κ1) is 14.8. The van der Waals surface area contributed by atoms with Crippen molar-refractivity contribution < 1.29 is 9.18 Å². The Bertz CT molecular complexity index is 650. The Kier molecular flexibility index (Phi) is 4.51. The third-order valence-corrected chi connectivity index (χ3v) is 4.05. The van der Waals surface area contributed by atoms with Gasteiger partial charge in [-0.2, -0.15) is 0 Å². The van der Waals surface area contributed by atoms with Crippen LogP contribution in [-0.4, -0.2) is 5.78 Å². The molecule has 2 rings (SSSR count). The summed E-state index contributed by atoms with van der Waals surface area (Å²) in [5.41, 5.74) is 0.241. The minimum Gasteiger partial charge on any atom is -0.288 e. The standard InChI is InChI=1S/C13H5BrCl3FO/c14-12-7(2-1-3-10(12)18)13(19)11-8(16)4-6(15)5-9(11)17/h1-5H. The molecule has 0 spiro atoms. The Labute approximate surface area is 132 Å². The Hall–Kier alpha value is -0.610. The lowest BCUT2D eigenvalue weighted by molar-refractivity contribution is 0.103. The molecule has 0 heterocycles. The normalized spacial score (nSPS) is 10.6. The molecule has 0 radical (unpaired) electrons. The quantitative estimate of drug-likeness (QED) is 0.602. The van der Waals surface area contributed by atoms with Gasteiger partial charge in [-0.1, -0.05) is 40.9 Å². The number of rotatable bonds is 2. The third kappa shape index (κ3) is 2.95. The monoisotopic (exact) mass is 380 g/mol. The average molecular weight is 382 g/mol. The Morgan fingerprint density at radius 3 is 2.26 bits per heavy atom. The van der Waals surface area contributed by atoms with Crippen molar-refractivity contribution >= 4 is 56.5 Å². The first-order valence-electron chi connectivity index (χ1n) is 5.05. The van der Waals surface area contributed by atoms with Gasteiger partial charge in [-0.15, -0.1) is 0 Å². The molecule has 0 aliphatic rings. The van der Waals surface area contributed by atoms with Crippen molar-refractivity contribution in [3.63, 3.8) is 0 Å². The van der Waals surface area contributed by atoms with Gasteiger partial charge in [0.15, 0.2) is 5.78 Å². The fraction of sp³-hybridized carbons (Fsp3) is 0. The van der Waals surface area contributed by atoms with Crippen molar-refractivity contribution in [2.24, 2.45) is 0 Å². The van der Waals surface area contributed by atoms with E-state index >= 15 is 0 Å². The van der Waals surface area contributed by atoms with Gasteiger partial charge < -0.3 is 0 Å². The zero-order valence-electron chi connectivity index (χ0n) is 9.18. The number of carbonyl (C=O) groups is 1. The van der Waals surface area contributed by atoms with Crippen molar-refractivity contribution in [3.05, 3.63) is 66.8 Å². The summed E-state index contributed by atoms with van der Waals surface area (Å²) in [5, 5.41) is 0.571. The molecule has 19 heavy (non-hydrogen) atoms. The minimum atomic E-state index is -0.535. The summed E-state index contributed by atoms with van der Waals surface area (Å²) in [5.74, 6) is -1.01. The summed E-state index contributed by atoms with van der Waals surface area (Å²) in [6, 6.07) is 6.98. The molecule has 0 amide bonds. The SMILES string of the molecule is O=C(c1cccc(F)c1Br)c1c(Cl)cc(Cl)cc1Cl. The molecule has 0 fully saturated rings. The molecule has 0 bridgehead atoms. The van der Waals surface area contributed by atoms with Gasteiger partial charge in [-0.25, -0.2) is 4.39 Å². The van der Waals surface area contributed by atoms with Crippen LogP contribution in [-0.2, 0) is 0 Å². The van der Waals surface area contributed by atoms with E-state index in [1.54, 1.807) is 0 Å². The second-order valence-electron chi connectivity index (χ2n) is 3.67. The van der Waals surface area contributed by atoms with E-state index in [4.69, 9.17) is 34.8 Å². The van der Waals surface area contributed by atoms with Crippen LogP contribution in [0.1, 0.15) is 15.9 Å². The maximum Gasteiger partial charge on any atom is 0.197 e. The van der Waals surface area contributed by atoms with E-state index in [2.05, 4.69) is 15.9 Å².